The quantitative estimate of drug-likeness (QED) is 0.591. The Hall–Kier alpha value is -3.07. The van der Waals surface area contributed by atoms with Crippen LogP contribution in [0.4, 0.5) is 5.95 Å². The molecule has 1 saturated heterocycles. The molecular formula is C21H27N7O2. The molecule has 0 radical (unpaired) electrons. The van der Waals surface area contributed by atoms with Crippen LogP contribution in [-0.2, 0) is 18.3 Å². The minimum Gasteiger partial charge on any atom is -0.462 e. The zero-order valence-corrected chi connectivity index (χ0v) is 17.4. The number of nitrogens with one attached hydrogen (secondary N) is 1. The van der Waals surface area contributed by atoms with Crippen molar-refractivity contribution in [3.63, 3.8) is 0 Å². The van der Waals surface area contributed by atoms with E-state index in [4.69, 9.17) is 4.74 Å². The topological polar surface area (TPSA) is 98.1 Å². The van der Waals surface area contributed by atoms with Gasteiger partial charge in [0.15, 0.2) is 0 Å². The number of esters is 1. The summed E-state index contributed by atoms with van der Waals surface area (Å²) in [5.41, 5.74) is 3.58. The van der Waals surface area contributed by atoms with Crippen LogP contribution in [0.25, 0.3) is 11.0 Å². The van der Waals surface area contributed by atoms with Crippen LogP contribution < -0.4 is 10.2 Å². The summed E-state index contributed by atoms with van der Waals surface area (Å²) >= 11 is 0. The fourth-order valence-corrected chi connectivity index (χ4v) is 3.76. The second-order valence-electron chi connectivity index (χ2n) is 7.59. The van der Waals surface area contributed by atoms with Gasteiger partial charge in [-0.25, -0.2) is 19.4 Å². The SMILES string of the molecule is CCOC(=O)c1cnc(N2CCC(CNCc3ccc4c(c3)nnn4C)CC2)nc1. The van der Waals surface area contributed by atoms with Gasteiger partial charge in [0.05, 0.1) is 17.7 Å². The van der Waals surface area contributed by atoms with Crippen LogP contribution in [0.15, 0.2) is 30.6 Å². The summed E-state index contributed by atoms with van der Waals surface area (Å²) in [6, 6.07) is 6.28. The molecule has 0 amide bonds. The fraction of sp³-hybridized carbons (Fsp3) is 0.476. The number of aromatic nitrogens is 5. The second-order valence-corrected chi connectivity index (χ2v) is 7.59. The number of carbonyl (C=O) groups excluding carboxylic acids is 1. The molecule has 0 bridgehead atoms. The number of aryl methyl sites for hydroxylation is 1. The first-order valence-electron chi connectivity index (χ1n) is 10.4. The third kappa shape index (κ3) is 4.56. The van der Waals surface area contributed by atoms with Crippen LogP contribution in [0.5, 0.6) is 0 Å². The third-order valence-corrected chi connectivity index (χ3v) is 5.48. The maximum atomic E-state index is 11.7. The van der Waals surface area contributed by atoms with E-state index in [0.717, 1.165) is 50.1 Å². The van der Waals surface area contributed by atoms with Crippen molar-refractivity contribution < 1.29 is 9.53 Å². The average molecular weight is 409 g/mol. The van der Waals surface area contributed by atoms with Crippen LogP contribution in [0.3, 0.4) is 0 Å². The van der Waals surface area contributed by atoms with Crippen molar-refractivity contribution in [2.75, 3.05) is 31.1 Å². The number of carbonyl (C=O) groups is 1. The van der Waals surface area contributed by atoms with Gasteiger partial charge in [0, 0.05) is 39.1 Å². The third-order valence-electron chi connectivity index (χ3n) is 5.48. The molecule has 0 atom stereocenters. The number of anilines is 1. The van der Waals surface area contributed by atoms with Crippen molar-refractivity contribution >= 4 is 23.0 Å². The first-order chi connectivity index (χ1) is 14.6. The van der Waals surface area contributed by atoms with Gasteiger partial charge in [0.1, 0.15) is 5.52 Å². The molecule has 0 spiro atoms. The van der Waals surface area contributed by atoms with Gasteiger partial charge in [0.25, 0.3) is 0 Å². The Bertz CT molecular complexity index is 994. The molecule has 9 heteroatoms. The zero-order chi connectivity index (χ0) is 20.9. The number of rotatable bonds is 7. The molecule has 9 nitrogen and oxygen atoms in total. The number of nitrogens with zero attached hydrogens (tertiary/aromatic N) is 6. The van der Waals surface area contributed by atoms with E-state index in [1.54, 1.807) is 24.0 Å². The molecule has 0 saturated carbocycles. The lowest BCUT2D eigenvalue weighted by Gasteiger charge is -2.32. The predicted molar refractivity (Wildman–Crippen MR) is 113 cm³/mol. The predicted octanol–water partition coefficient (Wildman–Crippen LogP) is 1.94. The highest BCUT2D eigenvalue weighted by atomic mass is 16.5. The van der Waals surface area contributed by atoms with Crippen molar-refractivity contribution in [3.05, 3.63) is 41.7 Å². The van der Waals surface area contributed by atoms with Gasteiger partial charge >= 0.3 is 5.97 Å². The van der Waals surface area contributed by atoms with E-state index in [2.05, 4.69) is 48.7 Å². The normalized spacial score (nSPS) is 14.9. The molecule has 4 rings (SSSR count). The van der Waals surface area contributed by atoms with Gasteiger partial charge in [-0.2, -0.15) is 0 Å². The Morgan fingerprint density at radius 3 is 2.73 bits per heavy atom. The monoisotopic (exact) mass is 409 g/mol. The Morgan fingerprint density at radius 2 is 2.00 bits per heavy atom. The summed E-state index contributed by atoms with van der Waals surface area (Å²) in [5.74, 6) is 0.916. The van der Waals surface area contributed by atoms with Crippen molar-refractivity contribution in [1.29, 1.82) is 0 Å². The number of benzene rings is 1. The fourth-order valence-electron chi connectivity index (χ4n) is 3.76. The van der Waals surface area contributed by atoms with Crippen LogP contribution in [0.2, 0.25) is 0 Å². The molecule has 1 aliphatic heterocycles. The average Bonchev–Trinajstić information content (AvgIpc) is 3.15. The van der Waals surface area contributed by atoms with E-state index in [1.807, 2.05) is 7.05 Å². The molecule has 1 aliphatic rings. The van der Waals surface area contributed by atoms with Gasteiger partial charge in [-0.3, -0.25) is 0 Å². The van der Waals surface area contributed by atoms with E-state index in [1.165, 1.54) is 5.56 Å². The molecule has 1 N–H and O–H groups in total. The van der Waals surface area contributed by atoms with Crippen molar-refractivity contribution in [2.45, 2.75) is 26.3 Å². The Labute approximate surface area is 175 Å². The molecular weight excluding hydrogens is 382 g/mol. The first kappa shape index (κ1) is 20.2. The largest absolute Gasteiger partial charge is 0.462 e. The van der Waals surface area contributed by atoms with Crippen molar-refractivity contribution in [1.82, 2.24) is 30.3 Å². The molecule has 2 aromatic heterocycles. The van der Waals surface area contributed by atoms with Crippen LogP contribution in [0.1, 0.15) is 35.7 Å². The van der Waals surface area contributed by atoms with Crippen molar-refractivity contribution in [3.8, 4) is 0 Å². The minimum absolute atomic E-state index is 0.344. The van der Waals surface area contributed by atoms with E-state index in [9.17, 15) is 4.79 Å². The summed E-state index contributed by atoms with van der Waals surface area (Å²) in [6.45, 7) is 5.76. The number of ether oxygens (including phenoxy) is 1. The minimum atomic E-state index is -0.382. The number of hydrogen-bond acceptors (Lipinski definition) is 8. The molecule has 3 heterocycles. The Balaban J connectivity index is 1.23. The maximum Gasteiger partial charge on any atom is 0.341 e. The molecule has 158 valence electrons. The number of fused-ring (bicyclic) bond motifs is 1. The summed E-state index contributed by atoms with van der Waals surface area (Å²) in [5, 5.41) is 11.8. The zero-order valence-electron chi connectivity index (χ0n) is 17.4. The summed E-state index contributed by atoms with van der Waals surface area (Å²) in [4.78, 5) is 22.6. The van der Waals surface area contributed by atoms with Gasteiger partial charge in [-0.15, -0.1) is 5.10 Å². The molecule has 1 fully saturated rings. The summed E-state index contributed by atoms with van der Waals surface area (Å²) in [7, 11) is 1.90. The van der Waals surface area contributed by atoms with Crippen molar-refractivity contribution in [2.24, 2.45) is 13.0 Å². The van der Waals surface area contributed by atoms with E-state index < -0.39 is 0 Å². The molecule has 0 aliphatic carbocycles. The van der Waals surface area contributed by atoms with Crippen LogP contribution >= 0.6 is 0 Å². The number of hydrogen-bond donors (Lipinski definition) is 1. The summed E-state index contributed by atoms with van der Waals surface area (Å²) < 4.78 is 6.76. The molecule has 1 aromatic carbocycles. The van der Waals surface area contributed by atoms with Crippen LogP contribution in [-0.4, -0.2) is 57.2 Å². The number of piperidine rings is 1. The highest BCUT2D eigenvalue weighted by Crippen LogP contribution is 2.20. The maximum absolute atomic E-state index is 11.7. The lowest BCUT2D eigenvalue weighted by atomic mass is 9.97. The second kappa shape index (κ2) is 9.17. The van der Waals surface area contributed by atoms with E-state index in [-0.39, 0.29) is 5.97 Å². The molecule has 30 heavy (non-hydrogen) atoms. The van der Waals surface area contributed by atoms with E-state index in [0.29, 0.717) is 24.0 Å². The lowest BCUT2D eigenvalue weighted by molar-refractivity contribution is 0.0525. The summed E-state index contributed by atoms with van der Waals surface area (Å²) in [6.07, 6.45) is 5.25. The Morgan fingerprint density at radius 1 is 1.23 bits per heavy atom. The molecule has 3 aromatic rings. The Kier molecular flexibility index (Phi) is 6.18. The lowest BCUT2D eigenvalue weighted by Crippen LogP contribution is -2.38. The van der Waals surface area contributed by atoms with Gasteiger partial charge in [-0.05, 0) is 49.9 Å². The van der Waals surface area contributed by atoms with Crippen LogP contribution in [0, 0.1) is 5.92 Å². The van der Waals surface area contributed by atoms with Gasteiger partial charge in [-0.1, -0.05) is 11.3 Å². The molecule has 0 unspecified atom stereocenters. The van der Waals surface area contributed by atoms with Gasteiger partial charge in [0.2, 0.25) is 5.95 Å². The van der Waals surface area contributed by atoms with E-state index >= 15 is 0 Å². The highest BCUT2D eigenvalue weighted by molar-refractivity contribution is 5.88. The smallest absolute Gasteiger partial charge is 0.341 e. The first-order valence-corrected chi connectivity index (χ1v) is 10.4. The van der Waals surface area contributed by atoms with Gasteiger partial charge < -0.3 is 15.0 Å². The standard InChI is InChI=1S/C21H27N7O2/c1-3-30-20(29)17-13-23-21(24-14-17)28-8-6-15(7-9-28)11-22-12-16-4-5-19-18(10-16)25-26-27(19)2/h4-5,10,13-15,22H,3,6-9,11-12H2,1-2H3. The highest BCUT2D eigenvalue weighted by Gasteiger charge is 2.21.